The molecule has 0 fully saturated rings. The van der Waals surface area contributed by atoms with Crippen molar-refractivity contribution in [1.82, 2.24) is 0 Å². The molecule has 0 aliphatic rings. The Morgan fingerprint density at radius 1 is 1.17 bits per heavy atom. The van der Waals surface area contributed by atoms with E-state index in [9.17, 15) is 18.0 Å². The number of halogens is 4. The van der Waals surface area contributed by atoms with E-state index in [1.54, 1.807) is 24.3 Å². The number of rotatable bonds is 4. The number of alkyl halides is 3. The van der Waals surface area contributed by atoms with Gasteiger partial charge in [0.15, 0.2) is 6.61 Å². The average Bonchev–Trinajstić information content (AvgIpc) is 2.47. The number of hydrogen-bond donors (Lipinski definition) is 1. The van der Waals surface area contributed by atoms with E-state index >= 15 is 0 Å². The van der Waals surface area contributed by atoms with Crippen LogP contribution in [0.15, 0.2) is 42.5 Å². The summed E-state index contributed by atoms with van der Waals surface area (Å²) in [5.74, 6) is -0.240. The Balaban J connectivity index is 2.04. The topological polar surface area (TPSA) is 38.3 Å². The van der Waals surface area contributed by atoms with Gasteiger partial charge in [-0.3, -0.25) is 4.79 Å². The van der Waals surface area contributed by atoms with Gasteiger partial charge in [-0.25, -0.2) is 0 Å². The number of amides is 1. The van der Waals surface area contributed by atoms with Crippen molar-refractivity contribution in [3.05, 3.63) is 58.6 Å². The summed E-state index contributed by atoms with van der Waals surface area (Å²) in [6, 6.07) is 10.1. The first-order chi connectivity index (χ1) is 10.8. The smallest absolute Gasteiger partial charge is 0.418 e. The van der Waals surface area contributed by atoms with E-state index in [0.717, 1.165) is 17.7 Å². The molecule has 1 amide bonds. The Hall–Kier alpha value is -2.21. The summed E-state index contributed by atoms with van der Waals surface area (Å²) < 4.78 is 44.0. The SMILES string of the molecule is Cc1ccc(OCC(=O)Nc2ccc(Cl)cc2C(F)(F)F)cc1. The molecule has 2 aromatic carbocycles. The van der Waals surface area contributed by atoms with Gasteiger partial charge in [-0.05, 0) is 37.3 Å². The molecule has 0 atom stereocenters. The predicted molar refractivity (Wildman–Crippen MR) is 81.8 cm³/mol. The Morgan fingerprint density at radius 2 is 1.83 bits per heavy atom. The quantitative estimate of drug-likeness (QED) is 0.875. The second-order valence-corrected chi connectivity index (χ2v) is 5.27. The number of ether oxygens (including phenoxy) is 1. The van der Waals surface area contributed by atoms with Gasteiger partial charge in [0.25, 0.3) is 5.91 Å². The molecule has 0 aromatic heterocycles. The number of carbonyl (C=O) groups excluding carboxylic acids is 1. The third-order valence-electron chi connectivity index (χ3n) is 2.95. The fourth-order valence-corrected chi connectivity index (χ4v) is 2.00. The van der Waals surface area contributed by atoms with Gasteiger partial charge in [0.05, 0.1) is 11.3 Å². The minimum absolute atomic E-state index is 0.0637. The normalized spacial score (nSPS) is 11.2. The lowest BCUT2D eigenvalue weighted by Crippen LogP contribution is -2.22. The Labute approximate surface area is 136 Å². The van der Waals surface area contributed by atoms with Crippen molar-refractivity contribution in [3.63, 3.8) is 0 Å². The van der Waals surface area contributed by atoms with Crippen molar-refractivity contribution in [2.75, 3.05) is 11.9 Å². The van der Waals surface area contributed by atoms with Crippen LogP contribution in [0.2, 0.25) is 5.02 Å². The van der Waals surface area contributed by atoms with Crippen molar-refractivity contribution < 1.29 is 22.7 Å². The minimum Gasteiger partial charge on any atom is -0.484 e. The lowest BCUT2D eigenvalue weighted by molar-refractivity contribution is -0.137. The third-order valence-corrected chi connectivity index (χ3v) is 3.19. The second kappa shape index (κ2) is 6.91. The Bertz CT molecular complexity index is 699. The molecule has 0 spiro atoms. The lowest BCUT2D eigenvalue weighted by Gasteiger charge is -2.14. The van der Waals surface area contributed by atoms with Crippen molar-refractivity contribution in [1.29, 1.82) is 0 Å². The highest BCUT2D eigenvalue weighted by molar-refractivity contribution is 6.30. The molecule has 0 unspecified atom stereocenters. The summed E-state index contributed by atoms with van der Waals surface area (Å²) in [5, 5.41) is 2.12. The molecule has 0 saturated heterocycles. The van der Waals surface area contributed by atoms with Crippen LogP contribution in [0.4, 0.5) is 18.9 Å². The molecule has 122 valence electrons. The number of aryl methyl sites for hydroxylation is 1. The average molecular weight is 344 g/mol. The molecule has 0 aliphatic heterocycles. The summed E-state index contributed by atoms with van der Waals surface area (Å²) in [6.45, 7) is 1.50. The highest BCUT2D eigenvalue weighted by Gasteiger charge is 2.34. The van der Waals surface area contributed by atoms with E-state index in [0.29, 0.717) is 5.75 Å². The molecule has 0 heterocycles. The summed E-state index contributed by atoms with van der Waals surface area (Å²) in [4.78, 5) is 11.8. The minimum atomic E-state index is -4.62. The fraction of sp³-hybridized carbons (Fsp3) is 0.188. The molecule has 2 rings (SSSR count). The Morgan fingerprint density at radius 3 is 2.43 bits per heavy atom. The maximum atomic E-state index is 12.9. The van der Waals surface area contributed by atoms with E-state index in [1.165, 1.54) is 6.07 Å². The number of nitrogens with one attached hydrogen (secondary N) is 1. The van der Waals surface area contributed by atoms with E-state index in [1.807, 2.05) is 6.92 Å². The molecule has 0 aliphatic carbocycles. The molecular weight excluding hydrogens is 331 g/mol. The van der Waals surface area contributed by atoms with Crippen LogP contribution in [0.25, 0.3) is 0 Å². The van der Waals surface area contributed by atoms with Gasteiger partial charge in [0.2, 0.25) is 0 Å². The highest BCUT2D eigenvalue weighted by atomic mass is 35.5. The third kappa shape index (κ3) is 4.89. The fourth-order valence-electron chi connectivity index (χ4n) is 1.83. The van der Waals surface area contributed by atoms with Gasteiger partial charge in [0, 0.05) is 5.02 Å². The second-order valence-electron chi connectivity index (χ2n) is 4.84. The number of hydrogen-bond acceptors (Lipinski definition) is 2. The lowest BCUT2D eigenvalue weighted by atomic mass is 10.1. The largest absolute Gasteiger partial charge is 0.484 e. The van der Waals surface area contributed by atoms with Gasteiger partial charge in [-0.1, -0.05) is 29.3 Å². The van der Waals surface area contributed by atoms with Crippen molar-refractivity contribution in [3.8, 4) is 5.75 Å². The highest BCUT2D eigenvalue weighted by Crippen LogP contribution is 2.36. The van der Waals surface area contributed by atoms with Crippen LogP contribution in [0, 0.1) is 6.92 Å². The summed E-state index contributed by atoms with van der Waals surface area (Å²) in [5.41, 5.74) is -0.342. The zero-order valence-corrected chi connectivity index (χ0v) is 12.8. The zero-order valence-electron chi connectivity index (χ0n) is 12.1. The van der Waals surface area contributed by atoms with E-state index in [-0.39, 0.29) is 10.7 Å². The first-order valence-electron chi connectivity index (χ1n) is 6.62. The summed E-state index contributed by atoms with van der Waals surface area (Å²) in [7, 11) is 0. The molecule has 23 heavy (non-hydrogen) atoms. The van der Waals surface area contributed by atoms with Gasteiger partial charge in [-0.2, -0.15) is 13.2 Å². The molecule has 2 aromatic rings. The Kier molecular flexibility index (Phi) is 5.15. The molecule has 0 radical (unpaired) electrons. The zero-order chi connectivity index (χ0) is 17.0. The number of anilines is 1. The van der Waals surface area contributed by atoms with Crippen molar-refractivity contribution in [2.45, 2.75) is 13.1 Å². The first kappa shape index (κ1) is 17.1. The van der Waals surface area contributed by atoms with E-state index in [4.69, 9.17) is 16.3 Å². The maximum absolute atomic E-state index is 12.9. The van der Waals surface area contributed by atoms with Crippen LogP contribution in [-0.4, -0.2) is 12.5 Å². The van der Waals surface area contributed by atoms with Crippen LogP contribution >= 0.6 is 11.6 Å². The van der Waals surface area contributed by atoms with Gasteiger partial charge in [-0.15, -0.1) is 0 Å². The monoisotopic (exact) mass is 343 g/mol. The molecule has 1 N–H and O–H groups in total. The predicted octanol–water partition coefficient (Wildman–Crippen LogP) is 4.68. The van der Waals surface area contributed by atoms with Crippen LogP contribution in [0.3, 0.4) is 0 Å². The molecule has 7 heteroatoms. The van der Waals surface area contributed by atoms with Crippen LogP contribution < -0.4 is 10.1 Å². The van der Waals surface area contributed by atoms with Gasteiger partial charge < -0.3 is 10.1 Å². The van der Waals surface area contributed by atoms with Crippen LogP contribution in [0.1, 0.15) is 11.1 Å². The van der Waals surface area contributed by atoms with E-state index < -0.39 is 24.3 Å². The molecule has 0 bridgehead atoms. The molecular formula is C16H13ClF3NO2. The summed E-state index contributed by atoms with van der Waals surface area (Å²) in [6.07, 6.45) is -4.62. The van der Waals surface area contributed by atoms with Crippen molar-refractivity contribution >= 4 is 23.2 Å². The number of carbonyl (C=O) groups is 1. The van der Waals surface area contributed by atoms with E-state index in [2.05, 4.69) is 5.32 Å². The van der Waals surface area contributed by atoms with Gasteiger partial charge >= 0.3 is 6.18 Å². The van der Waals surface area contributed by atoms with Crippen LogP contribution in [-0.2, 0) is 11.0 Å². The number of benzene rings is 2. The maximum Gasteiger partial charge on any atom is 0.418 e. The molecule has 3 nitrogen and oxygen atoms in total. The standard InChI is InChI=1S/C16H13ClF3NO2/c1-10-2-5-12(6-3-10)23-9-15(22)21-14-7-4-11(17)8-13(14)16(18,19)20/h2-8H,9H2,1H3,(H,21,22). The summed E-state index contributed by atoms with van der Waals surface area (Å²) >= 11 is 5.58. The van der Waals surface area contributed by atoms with Gasteiger partial charge in [0.1, 0.15) is 5.75 Å². The molecule has 0 saturated carbocycles. The van der Waals surface area contributed by atoms with Crippen molar-refractivity contribution in [2.24, 2.45) is 0 Å². The first-order valence-corrected chi connectivity index (χ1v) is 6.99. The van der Waals surface area contributed by atoms with Crippen LogP contribution in [0.5, 0.6) is 5.75 Å².